The van der Waals surface area contributed by atoms with E-state index in [4.69, 9.17) is 0 Å². The molecule has 0 bridgehead atoms. The molecule has 2 unspecified atom stereocenters. The number of carbonyl (C=O) groups excluding carboxylic acids is 1. The van der Waals surface area contributed by atoms with Crippen LogP contribution in [0.1, 0.15) is 86.0 Å². The van der Waals surface area contributed by atoms with E-state index in [-0.39, 0.29) is 17.4 Å². The lowest BCUT2D eigenvalue weighted by Gasteiger charge is -2.21. The van der Waals surface area contributed by atoms with Crippen LogP contribution in [0.4, 0.5) is 0 Å². The molecule has 27 heavy (non-hydrogen) atoms. The number of carbonyl (C=O) groups is 1. The Morgan fingerprint density at radius 3 is 2.19 bits per heavy atom. The number of hydrogen-bond donors (Lipinski definition) is 1. The predicted octanol–water partition coefficient (Wildman–Crippen LogP) is 6.30. The largest absolute Gasteiger partial charge is 0.350 e. The summed E-state index contributed by atoms with van der Waals surface area (Å²) in [5.41, 5.74) is 6.00. The highest BCUT2D eigenvalue weighted by molar-refractivity contribution is 5.94. The quantitative estimate of drug-likeness (QED) is 0.639. The highest BCUT2D eigenvalue weighted by atomic mass is 16.1. The second-order valence-electron chi connectivity index (χ2n) is 9.10. The fraction of sp³-hybridized carbons (Fsp3) is 0.480. The Bertz CT molecular complexity index is 765. The Kier molecular flexibility index (Phi) is 6.86. The summed E-state index contributed by atoms with van der Waals surface area (Å²) in [6, 6.07) is 14.9. The minimum absolute atomic E-state index is 0.0210. The maximum absolute atomic E-state index is 12.6. The van der Waals surface area contributed by atoms with Crippen molar-refractivity contribution in [2.45, 2.75) is 78.7 Å². The van der Waals surface area contributed by atoms with Crippen LogP contribution in [0.3, 0.4) is 0 Å². The Morgan fingerprint density at radius 2 is 1.59 bits per heavy atom. The van der Waals surface area contributed by atoms with Gasteiger partial charge in [-0.05, 0) is 68.2 Å². The van der Waals surface area contributed by atoms with Gasteiger partial charge in [-0.15, -0.1) is 0 Å². The predicted molar refractivity (Wildman–Crippen MR) is 116 cm³/mol. The summed E-state index contributed by atoms with van der Waals surface area (Å²) in [6.07, 6.45) is 2.03. The van der Waals surface area contributed by atoms with E-state index < -0.39 is 0 Å². The zero-order valence-electron chi connectivity index (χ0n) is 18.0. The molecule has 0 heterocycles. The van der Waals surface area contributed by atoms with Gasteiger partial charge in [0.1, 0.15) is 0 Å². The highest BCUT2D eigenvalue weighted by Gasteiger charge is 2.17. The third-order valence-corrected chi connectivity index (χ3v) is 5.21. The number of hydrogen-bond acceptors (Lipinski definition) is 1. The normalized spacial score (nSPS) is 13.9. The summed E-state index contributed by atoms with van der Waals surface area (Å²) < 4.78 is 0. The average molecular weight is 366 g/mol. The van der Waals surface area contributed by atoms with E-state index in [9.17, 15) is 4.79 Å². The van der Waals surface area contributed by atoms with Gasteiger partial charge in [0.05, 0.1) is 0 Å². The molecule has 2 rings (SSSR count). The van der Waals surface area contributed by atoms with E-state index in [1.54, 1.807) is 0 Å². The molecule has 146 valence electrons. The molecule has 0 aliphatic carbocycles. The first-order chi connectivity index (χ1) is 12.6. The lowest BCUT2D eigenvalue weighted by Crippen LogP contribution is -2.33. The Labute approximate surface area is 165 Å². The van der Waals surface area contributed by atoms with Gasteiger partial charge in [-0.2, -0.15) is 0 Å². The van der Waals surface area contributed by atoms with Crippen LogP contribution in [0.2, 0.25) is 0 Å². The van der Waals surface area contributed by atoms with E-state index in [0.717, 1.165) is 18.4 Å². The summed E-state index contributed by atoms with van der Waals surface area (Å²) >= 11 is 0. The fourth-order valence-electron chi connectivity index (χ4n) is 3.47. The number of amides is 1. The summed E-state index contributed by atoms with van der Waals surface area (Å²) in [4.78, 5) is 12.6. The first kappa shape index (κ1) is 21.2. The van der Waals surface area contributed by atoms with Gasteiger partial charge in [0.15, 0.2) is 0 Å². The van der Waals surface area contributed by atoms with E-state index in [1.807, 2.05) is 18.2 Å². The third-order valence-electron chi connectivity index (χ3n) is 5.21. The van der Waals surface area contributed by atoms with E-state index >= 15 is 0 Å². The van der Waals surface area contributed by atoms with Crippen molar-refractivity contribution < 1.29 is 4.79 Å². The third kappa shape index (κ3) is 6.23. The van der Waals surface area contributed by atoms with Crippen molar-refractivity contribution in [3.05, 3.63) is 70.3 Å². The van der Waals surface area contributed by atoms with Gasteiger partial charge in [-0.1, -0.05) is 69.2 Å². The monoisotopic (exact) mass is 365 g/mol. The van der Waals surface area contributed by atoms with Crippen molar-refractivity contribution in [1.82, 2.24) is 5.32 Å². The van der Waals surface area contributed by atoms with Gasteiger partial charge in [-0.3, -0.25) is 4.79 Å². The first-order valence-corrected chi connectivity index (χ1v) is 10.1. The van der Waals surface area contributed by atoms with Crippen molar-refractivity contribution in [1.29, 1.82) is 0 Å². The average Bonchev–Trinajstić information content (AvgIpc) is 2.58. The molecular weight excluding hydrogens is 330 g/mol. The standard InChI is InChI=1S/C25H35NO/c1-17-13-18(2)15-22(14-17)19(3)11-12-20(4)26-24(27)21-9-8-10-23(16-21)25(5,6)7/h8-10,13-16,19-20H,11-12H2,1-7H3,(H,26,27). The maximum Gasteiger partial charge on any atom is 0.251 e. The molecule has 2 aromatic rings. The van der Waals surface area contributed by atoms with Crippen molar-refractivity contribution in [2.75, 3.05) is 0 Å². The van der Waals surface area contributed by atoms with Gasteiger partial charge >= 0.3 is 0 Å². The van der Waals surface area contributed by atoms with Crippen LogP contribution in [0.5, 0.6) is 0 Å². The van der Waals surface area contributed by atoms with E-state index in [0.29, 0.717) is 5.92 Å². The zero-order valence-corrected chi connectivity index (χ0v) is 18.0. The molecule has 0 aliphatic rings. The van der Waals surface area contributed by atoms with Crippen LogP contribution in [0.25, 0.3) is 0 Å². The second-order valence-corrected chi connectivity index (χ2v) is 9.10. The molecule has 2 heteroatoms. The fourth-order valence-corrected chi connectivity index (χ4v) is 3.47. The second kappa shape index (κ2) is 8.73. The SMILES string of the molecule is Cc1cc(C)cc(C(C)CCC(C)NC(=O)c2cccc(C(C)(C)C)c2)c1. The molecular formula is C25H35NO. The number of aryl methyl sites for hydroxylation is 2. The molecule has 2 atom stereocenters. The number of nitrogens with one attached hydrogen (secondary N) is 1. The van der Waals surface area contributed by atoms with Crippen LogP contribution in [-0.2, 0) is 5.41 Å². The maximum atomic E-state index is 12.6. The van der Waals surface area contributed by atoms with Crippen LogP contribution in [0, 0.1) is 13.8 Å². The molecule has 0 saturated heterocycles. The minimum atomic E-state index is 0.0210. The minimum Gasteiger partial charge on any atom is -0.350 e. The Hall–Kier alpha value is -2.09. The summed E-state index contributed by atoms with van der Waals surface area (Å²) in [7, 11) is 0. The molecule has 0 fully saturated rings. The van der Waals surface area contributed by atoms with Crippen molar-refractivity contribution in [3.63, 3.8) is 0 Å². The van der Waals surface area contributed by atoms with Crippen LogP contribution in [0.15, 0.2) is 42.5 Å². The van der Waals surface area contributed by atoms with Crippen molar-refractivity contribution in [3.8, 4) is 0 Å². The molecule has 2 nitrogen and oxygen atoms in total. The van der Waals surface area contributed by atoms with Gasteiger partial charge in [0, 0.05) is 11.6 Å². The smallest absolute Gasteiger partial charge is 0.251 e. The van der Waals surface area contributed by atoms with E-state index in [2.05, 4.69) is 78.0 Å². The first-order valence-electron chi connectivity index (χ1n) is 10.1. The zero-order chi connectivity index (χ0) is 20.2. The molecule has 0 aromatic heterocycles. The van der Waals surface area contributed by atoms with Gasteiger partial charge in [0.2, 0.25) is 0 Å². The van der Waals surface area contributed by atoms with E-state index in [1.165, 1.54) is 22.3 Å². The molecule has 0 spiro atoms. The van der Waals surface area contributed by atoms with Crippen LogP contribution in [-0.4, -0.2) is 11.9 Å². The van der Waals surface area contributed by atoms with Crippen molar-refractivity contribution >= 4 is 5.91 Å². The number of rotatable bonds is 6. The molecule has 0 aliphatic heterocycles. The van der Waals surface area contributed by atoms with Gasteiger partial charge < -0.3 is 5.32 Å². The van der Waals surface area contributed by atoms with Gasteiger partial charge in [0.25, 0.3) is 5.91 Å². The Balaban J connectivity index is 1.93. The topological polar surface area (TPSA) is 29.1 Å². The molecule has 1 amide bonds. The molecule has 0 radical (unpaired) electrons. The molecule has 2 aromatic carbocycles. The lowest BCUT2D eigenvalue weighted by atomic mass is 9.86. The summed E-state index contributed by atoms with van der Waals surface area (Å²) in [5.74, 6) is 0.514. The Morgan fingerprint density at radius 1 is 0.963 bits per heavy atom. The van der Waals surface area contributed by atoms with Crippen molar-refractivity contribution in [2.24, 2.45) is 0 Å². The highest BCUT2D eigenvalue weighted by Crippen LogP contribution is 2.24. The lowest BCUT2D eigenvalue weighted by molar-refractivity contribution is 0.0937. The number of benzene rings is 2. The molecule has 0 saturated carbocycles. The van der Waals surface area contributed by atoms with Gasteiger partial charge in [-0.25, -0.2) is 0 Å². The van der Waals surface area contributed by atoms with Crippen LogP contribution >= 0.6 is 0 Å². The van der Waals surface area contributed by atoms with Crippen LogP contribution < -0.4 is 5.32 Å². The summed E-state index contributed by atoms with van der Waals surface area (Å²) in [6.45, 7) is 15.2. The summed E-state index contributed by atoms with van der Waals surface area (Å²) in [5, 5.41) is 3.17. The molecule has 1 N–H and O–H groups in total.